The number of ether oxygens (including phenoxy) is 2. The van der Waals surface area contributed by atoms with Gasteiger partial charge in [0.1, 0.15) is 30.3 Å². The Morgan fingerprint density at radius 2 is 2.19 bits per heavy atom. The van der Waals surface area contributed by atoms with Crippen LogP contribution >= 0.6 is 0 Å². The standard InChI is InChI=1S/C16H20N4O7/c1-6(22)18-11-13(24)12(23)9(5-21)26-16(11)27-15-7-3-2-4-8(17)10(7)14(25)19-20-15/h2-4,9-13,16-17,21,23-24H,5H2,1H3,(H,18,22)(H,19,25)/t9?,10?,11-,12+,13+,16-/m0/s1. The molecular weight excluding hydrogens is 360 g/mol. The number of hydrogen-bond donors (Lipinski definition) is 6. The minimum Gasteiger partial charge on any atom is -0.444 e. The molecular formula is C16H20N4O7. The van der Waals surface area contributed by atoms with Crippen LogP contribution in [0.2, 0.25) is 0 Å². The summed E-state index contributed by atoms with van der Waals surface area (Å²) in [6.07, 6.45) is -0.784. The van der Waals surface area contributed by atoms with Crippen LogP contribution in [0.25, 0.3) is 0 Å². The molecule has 2 aliphatic heterocycles. The van der Waals surface area contributed by atoms with Crippen molar-refractivity contribution in [1.29, 1.82) is 5.41 Å². The normalized spacial score (nSPS) is 35.6. The summed E-state index contributed by atoms with van der Waals surface area (Å²) in [4.78, 5) is 23.5. The van der Waals surface area contributed by atoms with Crippen molar-refractivity contribution in [2.45, 2.75) is 37.6 Å². The Morgan fingerprint density at radius 1 is 1.44 bits per heavy atom. The van der Waals surface area contributed by atoms with E-state index in [1.54, 1.807) is 12.2 Å². The monoisotopic (exact) mass is 380 g/mol. The number of carbonyl (C=O) groups is 2. The number of aliphatic hydroxyl groups is 3. The Balaban J connectivity index is 1.87. The van der Waals surface area contributed by atoms with Crippen LogP contribution in [0, 0.1) is 11.3 Å². The molecule has 11 nitrogen and oxygen atoms in total. The van der Waals surface area contributed by atoms with Gasteiger partial charge >= 0.3 is 0 Å². The fourth-order valence-electron chi connectivity index (χ4n) is 3.10. The number of carbonyl (C=O) groups excluding carboxylic acids is 2. The molecule has 0 radical (unpaired) electrons. The van der Waals surface area contributed by atoms with Crippen LogP contribution < -0.4 is 10.7 Å². The van der Waals surface area contributed by atoms with Crippen molar-refractivity contribution in [3.63, 3.8) is 0 Å². The molecule has 3 rings (SSSR count). The molecule has 3 aliphatic rings. The number of amides is 2. The largest absolute Gasteiger partial charge is 0.444 e. The van der Waals surface area contributed by atoms with E-state index >= 15 is 0 Å². The molecule has 1 aliphatic carbocycles. The van der Waals surface area contributed by atoms with E-state index in [0.29, 0.717) is 5.57 Å². The Kier molecular flexibility index (Phi) is 5.37. The van der Waals surface area contributed by atoms with Gasteiger partial charge in [-0.15, -0.1) is 5.10 Å². The van der Waals surface area contributed by atoms with Crippen molar-refractivity contribution >= 4 is 23.4 Å². The van der Waals surface area contributed by atoms with Gasteiger partial charge in [-0.1, -0.05) is 12.2 Å². The van der Waals surface area contributed by atoms with E-state index in [1.807, 2.05) is 0 Å². The van der Waals surface area contributed by atoms with E-state index in [9.17, 15) is 24.9 Å². The topological polar surface area (TPSA) is 174 Å². The maximum Gasteiger partial charge on any atom is 0.253 e. The van der Waals surface area contributed by atoms with Crippen LogP contribution in [0.15, 0.2) is 28.9 Å². The van der Waals surface area contributed by atoms with Crippen molar-refractivity contribution in [2.75, 3.05) is 6.61 Å². The number of aliphatic hydroxyl groups excluding tert-OH is 3. The number of fused-ring (bicyclic) bond motifs is 1. The number of nitrogens with zero attached hydrogens (tertiary/aromatic N) is 1. The second-order valence-electron chi connectivity index (χ2n) is 6.31. The number of hydrazone groups is 1. The van der Waals surface area contributed by atoms with Crippen molar-refractivity contribution in [1.82, 2.24) is 10.7 Å². The second kappa shape index (κ2) is 7.56. The first-order valence-electron chi connectivity index (χ1n) is 8.24. The van der Waals surface area contributed by atoms with Crippen LogP contribution in [0.1, 0.15) is 6.92 Å². The van der Waals surface area contributed by atoms with E-state index in [2.05, 4.69) is 15.8 Å². The molecule has 0 saturated carbocycles. The van der Waals surface area contributed by atoms with Gasteiger partial charge in [0.15, 0.2) is 0 Å². The predicted molar refractivity (Wildman–Crippen MR) is 90.5 cm³/mol. The van der Waals surface area contributed by atoms with E-state index < -0.39 is 55.0 Å². The molecule has 0 bridgehead atoms. The third kappa shape index (κ3) is 3.62. The van der Waals surface area contributed by atoms with Gasteiger partial charge in [0.25, 0.3) is 5.91 Å². The molecule has 1 saturated heterocycles. The fraction of sp³-hybridized carbons (Fsp3) is 0.500. The van der Waals surface area contributed by atoms with Crippen LogP contribution in [0.4, 0.5) is 0 Å². The molecule has 6 atom stereocenters. The van der Waals surface area contributed by atoms with Crippen LogP contribution in [-0.2, 0) is 19.1 Å². The summed E-state index contributed by atoms with van der Waals surface area (Å²) >= 11 is 0. The van der Waals surface area contributed by atoms with Gasteiger partial charge in [0.05, 0.1) is 6.61 Å². The zero-order valence-corrected chi connectivity index (χ0v) is 14.3. The number of hydrogen-bond acceptors (Lipinski definition) is 9. The summed E-state index contributed by atoms with van der Waals surface area (Å²) in [6, 6.07) is -1.15. The average molecular weight is 380 g/mol. The zero-order chi connectivity index (χ0) is 19.7. The first-order valence-corrected chi connectivity index (χ1v) is 8.24. The lowest BCUT2D eigenvalue weighted by molar-refractivity contribution is -0.248. The van der Waals surface area contributed by atoms with Crippen molar-refractivity contribution in [3.05, 3.63) is 23.8 Å². The zero-order valence-electron chi connectivity index (χ0n) is 14.3. The molecule has 0 spiro atoms. The lowest BCUT2D eigenvalue weighted by Gasteiger charge is -2.42. The van der Waals surface area contributed by atoms with Gasteiger partial charge in [0.2, 0.25) is 18.1 Å². The molecule has 11 heteroatoms. The molecule has 6 N–H and O–H groups in total. The van der Waals surface area contributed by atoms with Gasteiger partial charge in [-0.2, -0.15) is 0 Å². The first kappa shape index (κ1) is 19.2. The van der Waals surface area contributed by atoms with Gasteiger partial charge < -0.3 is 35.5 Å². The molecule has 0 aromatic rings. The SMILES string of the molecule is CC(=O)N[C@@H]1[C@H](OC2=NNC(=O)C3C(=N)C=CC=C23)OC(CO)[C@@H](O)[C@@H]1O. The lowest BCUT2D eigenvalue weighted by Crippen LogP contribution is -2.65. The summed E-state index contributed by atoms with van der Waals surface area (Å²) < 4.78 is 11.2. The molecule has 2 heterocycles. The van der Waals surface area contributed by atoms with E-state index in [4.69, 9.17) is 14.9 Å². The Bertz CT molecular complexity index is 747. The highest BCUT2D eigenvalue weighted by Crippen LogP contribution is 2.27. The van der Waals surface area contributed by atoms with E-state index in [1.165, 1.54) is 13.0 Å². The highest BCUT2D eigenvalue weighted by molar-refractivity contribution is 6.19. The second-order valence-corrected chi connectivity index (χ2v) is 6.31. The number of allylic oxidation sites excluding steroid dienone is 3. The van der Waals surface area contributed by atoms with Crippen molar-refractivity contribution < 1.29 is 34.4 Å². The average Bonchev–Trinajstić information content (AvgIpc) is 2.63. The molecule has 146 valence electrons. The van der Waals surface area contributed by atoms with Gasteiger partial charge in [-0.25, -0.2) is 5.43 Å². The predicted octanol–water partition coefficient (Wildman–Crippen LogP) is -2.48. The third-order valence-corrected chi connectivity index (χ3v) is 4.43. The third-order valence-electron chi connectivity index (χ3n) is 4.43. The van der Waals surface area contributed by atoms with E-state index in [0.717, 1.165) is 0 Å². The van der Waals surface area contributed by atoms with E-state index in [-0.39, 0.29) is 11.6 Å². The quantitative estimate of drug-likeness (QED) is 0.314. The Morgan fingerprint density at radius 3 is 2.85 bits per heavy atom. The molecule has 27 heavy (non-hydrogen) atoms. The molecule has 1 fully saturated rings. The highest BCUT2D eigenvalue weighted by atomic mass is 16.7. The highest BCUT2D eigenvalue weighted by Gasteiger charge is 2.47. The summed E-state index contributed by atoms with van der Waals surface area (Å²) in [6.45, 7) is 0.630. The number of nitrogens with one attached hydrogen (secondary N) is 3. The van der Waals surface area contributed by atoms with Crippen molar-refractivity contribution in [2.24, 2.45) is 11.0 Å². The van der Waals surface area contributed by atoms with Crippen molar-refractivity contribution in [3.8, 4) is 0 Å². The smallest absolute Gasteiger partial charge is 0.253 e. The number of rotatable bonds is 3. The first-order chi connectivity index (χ1) is 12.8. The Labute approximate surface area is 153 Å². The maximum absolute atomic E-state index is 12.0. The van der Waals surface area contributed by atoms with Gasteiger partial charge in [-0.3, -0.25) is 9.59 Å². The molecule has 0 aromatic heterocycles. The maximum atomic E-state index is 12.0. The Hall–Kier alpha value is -2.60. The van der Waals surface area contributed by atoms with Gasteiger partial charge in [-0.05, 0) is 6.08 Å². The molecule has 0 aromatic carbocycles. The summed E-state index contributed by atoms with van der Waals surface area (Å²) in [7, 11) is 0. The summed E-state index contributed by atoms with van der Waals surface area (Å²) in [5.41, 5.74) is 2.62. The minimum atomic E-state index is -1.47. The lowest BCUT2D eigenvalue weighted by atomic mass is 9.88. The minimum absolute atomic E-state index is 0.0488. The molecule has 2 amide bonds. The van der Waals surface area contributed by atoms with Gasteiger partial charge in [0, 0.05) is 18.2 Å². The summed E-state index contributed by atoms with van der Waals surface area (Å²) in [5, 5.41) is 43.9. The van der Waals surface area contributed by atoms with Crippen LogP contribution in [-0.4, -0.2) is 76.0 Å². The summed E-state index contributed by atoms with van der Waals surface area (Å²) in [5.74, 6) is -1.96. The van der Waals surface area contributed by atoms with Crippen LogP contribution in [0.3, 0.4) is 0 Å². The fourth-order valence-corrected chi connectivity index (χ4v) is 3.10. The molecule has 2 unspecified atom stereocenters. The van der Waals surface area contributed by atoms with Crippen LogP contribution in [0.5, 0.6) is 0 Å².